The third-order valence-corrected chi connectivity index (χ3v) is 40.0. The van der Waals surface area contributed by atoms with Crippen molar-refractivity contribution in [1.29, 1.82) is 0 Å². The van der Waals surface area contributed by atoms with E-state index in [0.29, 0.717) is 0 Å². The Balaban J connectivity index is 1.98. The number of allylic oxidation sites excluding steroid dienone is 2. The fourth-order valence-corrected chi connectivity index (χ4v) is 35.6. The van der Waals surface area contributed by atoms with Crippen LogP contribution >= 0.6 is 17.2 Å². The van der Waals surface area contributed by atoms with E-state index in [-0.39, 0.29) is 7.35 Å². The van der Waals surface area contributed by atoms with Gasteiger partial charge >= 0.3 is 212 Å². The number of hydrogen-bond acceptors (Lipinski definition) is 0. The van der Waals surface area contributed by atoms with Crippen molar-refractivity contribution < 1.29 is 15.7 Å². The van der Waals surface area contributed by atoms with Gasteiger partial charge in [-0.1, -0.05) is 0 Å². The van der Waals surface area contributed by atoms with Gasteiger partial charge in [0.1, 0.15) is 0 Å². The van der Waals surface area contributed by atoms with Crippen molar-refractivity contribution in [2.24, 2.45) is 0 Å². The molecule has 0 N–H and O–H groups in total. The summed E-state index contributed by atoms with van der Waals surface area (Å²) in [5, 5.41) is 3.04. The molecule has 0 fully saturated rings. The Morgan fingerprint density at radius 3 is 1.36 bits per heavy atom. The van der Waals surface area contributed by atoms with E-state index in [4.69, 9.17) is 17.2 Å². The van der Waals surface area contributed by atoms with Gasteiger partial charge in [0.2, 0.25) is 0 Å². The Morgan fingerprint density at radius 1 is 0.697 bits per heavy atom. The summed E-state index contributed by atoms with van der Waals surface area (Å²) in [5.41, 5.74) is 8.23. The van der Waals surface area contributed by atoms with Gasteiger partial charge in [-0.25, -0.2) is 0 Å². The molecule has 4 rings (SSSR count). The van der Waals surface area contributed by atoms with Gasteiger partial charge in [0.15, 0.2) is 0 Å². The standard InChI is InChI=1S/2C13H17Si.C2H4.2ClH.Hf/c2*1-10-8-11-6-5-7-13(12(11)9-10)14(2,3)4;1-2;;;/h2*5-9H,1-4H3;1H,2H3;2*1H;/q;;;;;+2/p-2. The SMILES string of the molecule is C[CH]=[Hf]([Cl])([Cl])([CH]1C(C)=Cc2c1cccc2[Si](C)(C)C)[CH]1C(C)=Cc2c1cccc2[Si](C)(C)C. The topological polar surface area (TPSA) is 0 Å². The van der Waals surface area contributed by atoms with Crippen molar-refractivity contribution in [3.05, 3.63) is 69.8 Å². The zero-order valence-corrected chi connectivity index (χ0v) is 28.7. The maximum atomic E-state index is 8.04. The summed E-state index contributed by atoms with van der Waals surface area (Å²) in [6.07, 6.45) is 4.82. The third-order valence-electron chi connectivity index (χ3n) is 7.83. The number of fused-ring (bicyclic) bond motifs is 2. The molecule has 0 heterocycles. The van der Waals surface area contributed by atoms with Crippen LogP contribution < -0.4 is 10.4 Å². The minimum atomic E-state index is -4.76. The Kier molecular flexibility index (Phi) is 6.32. The van der Waals surface area contributed by atoms with Crippen molar-refractivity contribution in [2.45, 2.75) is 67.4 Å². The van der Waals surface area contributed by atoms with Crippen LogP contribution in [0, 0.1) is 0 Å². The van der Waals surface area contributed by atoms with Crippen LogP contribution in [0.2, 0.25) is 39.3 Å². The van der Waals surface area contributed by atoms with Crippen molar-refractivity contribution in [3.63, 3.8) is 0 Å². The second-order valence-corrected chi connectivity index (χ2v) is 52.8. The fraction of sp³-hybridized carbons (Fsp3) is 0.393. The van der Waals surface area contributed by atoms with Crippen LogP contribution in [-0.4, -0.2) is 19.9 Å². The third kappa shape index (κ3) is 3.98. The molecule has 2 unspecified atom stereocenters. The molecule has 0 saturated heterocycles. The predicted molar refractivity (Wildman–Crippen MR) is 155 cm³/mol. The molecule has 0 nitrogen and oxygen atoms in total. The molecule has 2 aromatic carbocycles. The molecule has 0 saturated carbocycles. The molecular formula is C28H38Cl2HfSi2. The van der Waals surface area contributed by atoms with Crippen LogP contribution in [0.4, 0.5) is 0 Å². The van der Waals surface area contributed by atoms with Crippen LogP contribution in [0.5, 0.6) is 0 Å². The number of hydrogen-bond donors (Lipinski definition) is 0. The van der Waals surface area contributed by atoms with Crippen LogP contribution in [0.1, 0.15) is 50.4 Å². The summed E-state index contributed by atoms with van der Waals surface area (Å²) in [5.74, 6) is 0. The van der Waals surface area contributed by atoms with E-state index in [2.05, 4.69) is 112 Å². The first kappa shape index (κ1) is 25.8. The Hall–Kier alpha value is -0.326. The normalized spacial score (nSPS) is 20.8. The number of halogens is 2. The van der Waals surface area contributed by atoms with Crippen LogP contribution in [0.25, 0.3) is 12.2 Å². The van der Waals surface area contributed by atoms with Crippen LogP contribution in [-0.2, 0) is 15.7 Å². The molecule has 0 radical (unpaired) electrons. The molecule has 0 bridgehead atoms. The van der Waals surface area contributed by atoms with Crippen LogP contribution in [0.15, 0.2) is 47.5 Å². The summed E-state index contributed by atoms with van der Waals surface area (Å²) in [7, 11) is 13.1. The molecule has 2 aliphatic carbocycles. The second kappa shape index (κ2) is 8.10. The Morgan fingerprint density at radius 2 is 1.06 bits per heavy atom. The number of benzene rings is 2. The van der Waals surface area contributed by atoms with Gasteiger partial charge in [-0.2, -0.15) is 0 Å². The average molecular weight is 680 g/mol. The van der Waals surface area contributed by atoms with Crippen molar-refractivity contribution >= 4 is 59.6 Å². The number of rotatable bonds is 4. The molecule has 0 aromatic heterocycles. The van der Waals surface area contributed by atoms with E-state index in [9.17, 15) is 0 Å². The van der Waals surface area contributed by atoms with Crippen molar-refractivity contribution in [1.82, 2.24) is 0 Å². The monoisotopic (exact) mass is 680 g/mol. The Labute approximate surface area is 210 Å². The summed E-state index contributed by atoms with van der Waals surface area (Å²) >= 11 is -4.76. The maximum absolute atomic E-state index is 8.04. The molecule has 2 aromatic rings. The zero-order valence-electron chi connectivity index (χ0n) is 21.6. The molecule has 0 amide bonds. The first-order valence-corrected chi connectivity index (χ1v) is 34.2. The summed E-state index contributed by atoms with van der Waals surface area (Å²) < 4.78 is 2.53. The van der Waals surface area contributed by atoms with E-state index < -0.39 is 31.8 Å². The van der Waals surface area contributed by atoms with Gasteiger partial charge < -0.3 is 0 Å². The zero-order chi connectivity index (χ0) is 24.6. The molecule has 2 atom stereocenters. The second-order valence-electron chi connectivity index (χ2n) is 12.3. The van der Waals surface area contributed by atoms with Gasteiger partial charge in [0.25, 0.3) is 0 Å². The van der Waals surface area contributed by atoms with Gasteiger partial charge in [0.05, 0.1) is 0 Å². The van der Waals surface area contributed by atoms with E-state index in [1.165, 1.54) is 43.8 Å². The minimum absolute atomic E-state index is 0.122. The van der Waals surface area contributed by atoms with Crippen LogP contribution in [0.3, 0.4) is 0 Å². The Bertz CT molecular complexity index is 1190. The molecular weight excluding hydrogens is 642 g/mol. The summed E-state index contributed by atoms with van der Waals surface area (Å²) in [6.45, 7) is 21.2. The van der Waals surface area contributed by atoms with Crippen molar-refractivity contribution in [2.75, 3.05) is 0 Å². The summed E-state index contributed by atoms with van der Waals surface area (Å²) in [4.78, 5) is 0. The molecule has 5 heteroatoms. The van der Waals surface area contributed by atoms with Gasteiger partial charge in [-0.3, -0.25) is 0 Å². The molecule has 0 aliphatic heterocycles. The van der Waals surface area contributed by atoms with Gasteiger partial charge in [-0.05, 0) is 0 Å². The van der Waals surface area contributed by atoms with Crippen molar-refractivity contribution in [3.8, 4) is 0 Å². The molecule has 2 aliphatic rings. The van der Waals surface area contributed by atoms with E-state index in [1.807, 2.05) is 0 Å². The first-order valence-electron chi connectivity index (χ1n) is 12.1. The first-order chi connectivity index (χ1) is 15.1. The van der Waals surface area contributed by atoms with E-state index in [0.717, 1.165) is 0 Å². The average Bonchev–Trinajstić information content (AvgIpc) is 3.22. The molecule has 0 spiro atoms. The molecule has 33 heavy (non-hydrogen) atoms. The summed E-state index contributed by atoms with van der Waals surface area (Å²) in [6, 6.07) is 13.7. The fourth-order valence-electron chi connectivity index (χ4n) is 6.38. The predicted octanol–water partition coefficient (Wildman–Crippen LogP) is 8.21. The van der Waals surface area contributed by atoms with Gasteiger partial charge in [-0.15, -0.1) is 0 Å². The van der Waals surface area contributed by atoms with Gasteiger partial charge in [0, 0.05) is 0 Å². The van der Waals surface area contributed by atoms with E-state index >= 15 is 0 Å². The van der Waals surface area contributed by atoms with E-state index in [1.54, 1.807) is 0 Å². The molecule has 176 valence electrons. The quantitative estimate of drug-likeness (QED) is 0.286.